The van der Waals surface area contributed by atoms with Crippen LogP contribution < -0.4 is 26.2 Å². The van der Waals surface area contributed by atoms with Crippen LogP contribution in [0, 0.1) is 5.41 Å². The third-order valence-electron chi connectivity index (χ3n) is 24.3. The second kappa shape index (κ2) is 27.7. The van der Waals surface area contributed by atoms with Gasteiger partial charge in [-0.3, -0.25) is 0 Å². The number of benzene rings is 15. The molecular weight excluding hydrogens is 1400 g/mol. The minimum atomic E-state index is -1.88. The molecule has 0 bridgehead atoms. The first-order chi connectivity index (χ1) is 56.4. The summed E-state index contributed by atoms with van der Waals surface area (Å²) in [6, 6.07) is 123. The maximum absolute atomic E-state index is 10.9. The lowest BCUT2D eigenvalue weighted by atomic mass is 9.33. The first-order valence-electron chi connectivity index (χ1n) is 42.4. The Hall–Kier alpha value is -12.4. The van der Waals surface area contributed by atoms with Crippen LogP contribution in [-0.2, 0) is 28.0 Å². The second-order valence-corrected chi connectivity index (χ2v) is 37.6. The van der Waals surface area contributed by atoms with Crippen molar-refractivity contribution in [1.82, 2.24) is 9.13 Å². The fraction of sp³-hybridized carbons (Fsp3) is 0.189. The number of hydrogen-bond donors (Lipinski definition) is 0. The molecule has 0 spiro atoms. The Morgan fingerprint density at radius 3 is 0.871 bits per heavy atom. The lowest BCUT2D eigenvalue weighted by Crippen LogP contribution is -2.61. The highest BCUT2D eigenvalue weighted by molar-refractivity contribution is 7.00. The number of aromatic nitrogens is 2. The summed E-state index contributed by atoms with van der Waals surface area (Å²) < 4.78 is 26.8. The molecule has 116 heavy (non-hydrogen) atoms. The average molecular weight is 1500 g/mol. The van der Waals surface area contributed by atoms with Gasteiger partial charge in [0.05, 0.1) is 33.4 Å². The van der Waals surface area contributed by atoms with Crippen LogP contribution in [0.15, 0.2) is 328 Å². The van der Waals surface area contributed by atoms with Crippen molar-refractivity contribution in [3.05, 3.63) is 355 Å². The SMILES string of the molecule is [2H]C([2H])(c1cc2c3c(c1)N(c1ccc(C(C)(C)C)cc1-c1cccc(C(C)(C)C)c1)c1cc(-n4c5ccc(-c6ccccc6)cc5c5cc(-c6ccccc6)ccc54)ccc1B3c1ccc(-n3c4ccc(-c5ccccc5)cc4c4cc(-c5ccccc5)ccc43)cc1N2c1ccc(C(C)(C)C)cc1-c1cccc(C(C)(C)C)c1)C(C)(C)C. The van der Waals surface area contributed by atoms with Crippen molar-refractivity contribution < 1.29 is 2.74 Å². The molecule has 568 valence electrons. The standard InChI is InChI=1S/C111H101BN4/c1-107(2,3)70-71-58-104-106-105(59-71)116(97-57-47-85(111(13,14)15)67-89(97)81-39-29-41-83(61-81)109(7,8)9)103-69-87(114-100-54-44-78(74-34-24-18-25-35-74)64-92(100)93-65-79(45-55-101(93)114)75-36-26-19-27-37-75)49-51-95(103)112(106)94-50-48-86(68-102(94)115(104)96-56-46-84(110(10,11)12)66-88(96)80-38-28-40-82(60-80)108(4,5)6)113-98-52-42-76(72-30-20-16-21-31-72)62-90(98)91-63-77(43-53-99(91)113)73-32-22-17-23-33-73/h16-69H,70H2,1-15H3/i70D2. The lowest BCUT2D eigenvalue weighted by molar-refractivity contribution is 0.411. The van der Waals surface area contributed by atoms with Crippen LogP contribution in [0.25, 0.3) is 122 Å². The van der Waals surface area contributed by atoms with Crippen molar-refractivity contribution in [3.63, 3.8) is 0 Å². The van der Waals surface area contributed by atoms with E-state index in [4.69, 9.17) is 0 Å². The Balaban J connectivity index is 0.954. The van der Waals surface area contributed by atoms with Crippen molar-refractivity contribution in [3.8, 4) is 78.1 Å². The minimum absolute atomic E-state index is 0.149. The summed E-state index contributed by atoms with van der Waals surface area (Å²) in [4.78, 5) is 5.13. The van der Waals surface area contributed by atoms with Crippen molar-refractivity contribution in [2.75, 3.05) is 9.80 Å². The van der Waals surface area contributed by atoms with Crippen LogP contribution in [0.1, 0.15) is 134 Å². The summed E-state index contributed by atoms with van der Waals surface area (Å²) in [7, 11) is 0. The third-order valence-corrected chi connectivity index (χ3v) is 24.3. The number of nitrogens with zero attached hydrogens (tertiary/aromatic N) is 4. The van der Waals surface area contributed by atoms with E-state index in [9.17, 15) is 2.74 Å². The molecule has 0 aliphatic carbocycles. The molecule has 0 atom stereocenters. The third kappa shape index (κ3) is 13.0. The van der Waals surface area contributed by atoms with E-state index in [1.807, 2.05) is 0 Å². The summed E-state index contributed by atoms with van der Waals surface area (Å²) in [5.74, 6) is 0. The first kappa shape index (κ1) is 71.4. The molecule has 0 unspecified atom stereocenters. The molecule has 15 aromatic carbocycles. The molecule has 17 aromatic rings. The first-order valence-corrected chi connectivity index (χ1v) is 41.4. The lowest BCUT2D eigenvalue weighted by Gasteiger charge is -2.45. The highest BCUT2D eigenvalue weighted by atomic mass is 15.2. The molecule has 0 saturated heterocycles. The minimum Gasteiger partial charge on any atom is -0.311 e. The summed E-state index contributed by atoms with van der Waals surface area (Å²) in [5, 5.41) is 4.67. The topological polar surface area (TPSA) is 16.3 Å². The van der Waals surface area contributed by atoms with Crippen molar-refractivity contribution in [2.24, 2.45) is 5.41 Å². The van der Waals surface area contributed by atoms with Gasteiger partial charge in [-0.25, -0.2) is 0 Å². The zero-order valence-corrected chi connectivity index (χ0v) is 69.5. The number of anilines is 6. The molecule has 0 amide bonds. The van der Waals surface area contributed by atoms with Gasteiger partial charge in [0.2, 0.25) is 0 Å². The predicted octanol–water partition coefficient (Wildman–Crippen LogP) is 28.7. The Morgan fingerprint density at radius 2 is 0.560 bits per heavy atom. The zero-order valence-electron chi connectivity index (χ0n) is 71.5. The van der Waals surface area contributed by atoms with E-state index in [2.05, 4.69) is 450 Å². The second-order valence-electron chi connectivity index (χ2n) is 37.6. The molecular formula is C111H101BN4. The Kier molecular flexibility index (Phi) is 17.0. The predicted molar refractivity (Wildman–Crippen MR) is 500 cm³/mol. The maximum atomic E-state index is 10.9. The van der Waals surface area contributed by atoms with E-state index in [0.29, 0.717) is 5.56 Å². The van der Waals surface area contributed by atoms with Crippen LogP contribution in [0.2, 0.25) is 0 Å². The molecule has 0 fully saturated rings. The van der Waals surface area contributed by atoms with Crippen LogP contribution in [0.3, 0.4) is 0 Å². The van der Waals surface area contributed by atoms with Gasteiger partial charge in [0.25, 0.3) is 6.71 Å². The van der Waals surface area contributed by atoms with E-state index < -0.39 is 11.8 Å². The maximum Gasteiger partial charge on any atom is 0.252 e. The largest absolute Gasteiger partial charge is 0.311 e. The van der Waals surface area contributed by atoms with Gasteiger partial charge in [0, 0.05) is 69.5 Å². The van der Waals surface area contributed by atoms with Crippen LogP contribution in [-0.4, -0.2) is 15.8 Å². The molecule has 0 N–H and O–H groups in total. The fourth-order valence-electron chi connectivity index (χ4n) is 18.3. The van der Waals surface area contributed by atoms with Gasteiger partial charge in [0.15, 0.2) is 0 Å². The normalized spacial score (nSPS) is 13.5. The van der Waals surface area contributed by atoms with Gasteiger partial charge in [-0.1, -0.05) is 322 Å². The van der Waals surface area contributed by atoms with Gasteiger partial charge >= 0.3 is 0 Å². The van der Waals surface area contributed by atoms with Gasteiger partial charge in [-0.15, -0.1) is 0 Å². The molecule has 2 aromatic heterocycles. The van der Waals surface area contributed by atoms with Gasteiger partial charge in [-0.05, 0) is 242 Å². The van der Waals surface area contributed by atoms with E-state index in [0.717, 1.165) is 128 Å². The van der Waals surface area contributed by atoms with E-state index >= 15 is 0 Å². The van der Waals surface area contributed by atoms with Crippen molar-refractivity contribution in [2.45, 2.75) is 132 Å². The molecule has 2 aliphatic heterocycles. The van der Waals surface area contributed by atoms with Crippen LogP contribution in [0.4, 0.5) is 34.1 Å². The molecule has 19 rings (SSSR count). The van der Waals surface area contributed by atoms with Gasteiger partial charge < -0.3 is 18.9 Å². The Labute approximate surface area is 688 Å². The van der Waals surface area contributed by atoms with E-state index in [1.54, 1.807) is 0 Å². The van der Waals surface area contributed by atoms with Gasteiger partial charge in [-0.2, -0.15) is 0 Å². The van der Waals surface area contributed by atoms with Crippen molar-refractivity contribution in [1.29, 1.82) is 0 Å². The average Bonchev–Trinajstić information content (AvgIpc) is 0.700. The highest BCUT2D eigenvalue weighted by Gasteiger charge is 2.46. The number of fused-ring (bicyclic) bond motifs is 10. The summed E-state index contributed by atoms with van der Waals surface area (Å²) in [5.41, 5.74) is 33.4. The monoisotopic (exact) mass is 1500 g/mol. The molecule has 5 heteroatoms. The summed E-state index contributed by atoms with van der Waals surface area (Å²) >= 11 is 0. The molecule has 4 nitrogen and oxygen atoms in total. The number of rotatable bonds is 11. The molecule has 2 aliphatic rings. The summed E-state index contributed by atoms with van der Waals surface area (Å²) in [6.07, 6.45) is -1.88. The molecule has 0 radical (unpaired) electrons. The zero-order chi connectivity index (χ0) is 81.9. The Morgan fingerprint density at radius 1 is 0.250 bits per heavy atom. The number of hydrogen-bond acceptors (Lipinski definition) is 2. The highest BCUT2D eigenvalue weighted by Crippen LogP contribution is 2.53. The molecule has 4 heterocycles. The van der Waals surface area contributed by atoms with E-state index in [-0.39, 0.29) is 28.4 Å². The van der Waals surface area contributed by atoms with Crippen LogP contribution in [0.5, 0.6) is 0 Å². The van der Waals surface area contributed by atoms with Crippen molar-refractivity contribution >= 4 is 101 Å². The molecule has 0 saturated carbocycles. The summed E-state index contributed by atoms with van der Waals surface area (Å²) in [6.45, 7) is 33.6. The van der Waals surface area contributed by atoms with Crippen LogP contribution >= 0.6 is 0 Å². The Bertz CT molecular complexity index is 6260. The van der Waals surface area contributed by atoms with Gasteiger partial charge in [0.1, 0.15) is 0 Å². The van der Waals surface area contributed by atoms with E-state index in [1.165, 1.54) is 66.1 Å². The quantitative estimate of drug-likeness (QED) is 0.120. The smallest absolute Gasteiger partial charge is 0.252 e. The fourth-order valence-corrected chi connectivity index (χ4v) is 18.3.